The Hall–Kier alpha value is -2.26. The molecule has 2 aromatic carbocycles. The van der Waals surface area contributed by atoms with Crippen LogP contribution in [0.4, 0.5) is 18.9 Å². The van der Waals surface area contributed by atoms with Crippen LogP contribution in [0.3, 0.4) is 0 Å². The smallest absolute Gasteiger partial charge is 0.369 e. The number of anilines is 1. The van der Waals surface area contributed by atoms with Crippen LogP contribution in [-0.2, 0) is 16.2 Å². The molecular formula is C18H22F3N7O2S. The molecule has 9 nitrogen and oxygen atoms in total. The predicted molar refractivity (Wildman–Crippen MR) is 109 cm³/mol. The largest absolute Gasteiger partial charge is 0.417 e. The van der Waals surface area contributed by atoms with Crippen molar-refractivity contribution in [1.82, 2.24) is 27.2 Å². The van der Waals surface area contributed by atoms with Gasteiger partial charge >= 0.3 is 6.18 Å². The summed E-state index contributed by atoms with van der Waals surface area (Å²) in [5.41, 5.74) is 10.7. The highest BCUT2D eigenvalue weighted by atomic mass is 32.2. The lowest BCUT2D eigenvalue weighted by Gasteiger charge is -2.29. The summed E-state index contributed by atoms with van der Waals surface area (Å²) in [6.07, 6.45) is -5.89. The monoisotopic (exact) mass is 457 g/mol. The van der Waals surface area contributed by atoms with E-state index in [1.165, 1.54) is 6.07 Å². The first-order chi connectivity index (χ1) is 14.7. The molecule has 2 saturated heterocycles. The highest BCUT2D eigenvalue weighted by Crippen LogP contribution is 2.41. The highest BCUT2D eigenvalue weighted by Gasteiger charge is 2.40. The van der Waals surface area contributed by atoms with Crippen LogP contribution in [0, 0.1) is 0 Å². The van der Waals surface area contributed by atoms with Crippen LogP contribution < -0.4 is 37.3 Å². The first-order valence-electron chi connectivity index (χ1n) is 9.50. The second-order valence-corrected chi connectivity index (χ2v) is 8.70. The molecule has 0 aromatic heterocycles. The number of primary sulfonamides is 1. The molecule has 7 N–H and O–H groups in total. The van der Waals surface area contributed by atoms with Gasteiger partial charge in [0.2, 0.25) is 10.0 Å². The Kier molecular flexibility index (Phi) is 5.91. The van der Waals surface area contributed by atoms with Crippen molar-refractivity contribution in [3.05, 3.63) is 47.5 Å². The van der Waals surface area contributed by atoms with E-state index in [1.807, 2.05) is 12.1 Å². The number of hydrogen-bond donors (Lipinski definition) is 6. The molecule has 13 heteroatoms. The number of halogens is 3. The van der Waals surface area contributed by atoms with Crippen LogP contribution in [0.5, 0.6) is 0 Å². The van der Waals surface area contributed by atoms with E-state index in [1.54, 1.807) is 12.1 Å². The number of nitrogens with one attached hydrogen (secondary N) is 5. The molecule has 0 aliphatic carbocycles. The number of hydrogen-bond acceptors (Lipinski definition) is 8. The summed E-state index contributed by atoms with van der Waals surface area (Å²) in [6, 6.07) is 9.25. The van der Waals surface area contributed by atoms with Crippen molar-refractivity contribution in [3.8, 4) is 11.1 Å². The average molecular weight is 457 g/mol. The summed E-state index contributed by atoms with van der Waals surface area (Å²) in [5.74, 6) is 0. The van der Waals surface area contributed by atoms with E-state index in [0.717, 1.165) is 37.9 Å². The molecule has 2 heterocycles. The summed E-state index contributed by atoms with van der Waals surface area (Å²) in [7, 11) is -4.71. The summed E-state index contributed by atoms with van der Waals surface area (Å²) in [5, 5.41) is 8.52. The Morgan fingerprint density at radius 2 is 1.58 bits per heavy atom. The molecule has 0 saturated carbocycles. The number of rotatable bonds is 4. The van der Waals surface area contributed by atoms with Crippen LogP contribution in [0.15, 0.2) is 41.3 Å². The van der Waals surface area contributed by atoms with Crippen LogP contribution in [0.1, 0.15) is 17.3 Å². The second kappa shape index (κ2) is 8.35. The third-order valence-electron chi connectivity index (χ3n) is 5.23. The van der Waals surface area contributed by atoms with Gasteiger partial charge in [-0.1, -0.05) is 18.2 Å². The number of sulfonamides is 1. The molecule has 2 aliphatic heterocycles. The van der Waals surface area contributed by atoms with Crippen molar-refractivity contribution >= 4 is 15.7 Å². The maximum Gasteiger partial charge on any atom is 0.417 e. The molecule has 0 unspecified atom stereocenters. The zero-order valence-corrected chi connectivity index (χ0v) is 17.1. The number of benzene rings is 2. The van der Waals surface area contributed by atoms with Gasteiger partial charge in [-0.25, -0.2) is 24.4 Å². The lowest BCUT2D eigenvalue weighted by atomic mass is 9.95. The van der Waals surface area contributed by atoms with Crippen LogP contribution in [0.25, 0.3) is 11.1 Å². The zero-order chi connectivity index (χ0) is 22.2. The Labute approximate surface area is 177 Å². The Balaban J connectivity index is 1.86. The quantitative estimate of drug-likeness (QED) is 0.393. The molecule has 0 amide bonds. The van der Waals surface area contributed by atoms with E-state index in [4.69, 9.17) is 5.14 Å². The zero-order valence-electron chi connectivity index (χ0n) is 16.3. The van der Waals surface area contributed by atoms with E-state index in [9.17, 15) is 21.6 Å². The van der Waals surface area contributed by atoms with Crippen molar-refractivity contribution in [2.45, 2.75) is 17.2 Å². The first-order valence-corrected chi connectivity index (χ1v) is 11.0. The summed E-state index contributed by atoms with van der Waals surface area (Å²) < 4.78 is 65.5. The summed E-state index contributed by atoms with van der Waals surface area (Å²) >= 11 is 0. The Morgan fingerprint density at radius 3 is 2.13 bits per heavy atom. The van der Waals surface area contributed by atoms with Crippen LogP contribution in [0.2, 0.25) is 0 Å². The lowest BCUT2D eigenvalue weighted by Crippen LogP contribution is -2.43. The third kappa shape index (κ3) is 4.52. The van der Waals surface area contributed by atoms with E-state index < -0.39 is 32.8 Å². The third-order valence-corrected chi connectivity index (χ3v) is 6.24. The van der Waals surface area contributed by atoms with Gasteiger partial charge in [0, 0.05) is 37.4 Å². The highest BCUT2D eigenvalue weighted by molar-refractivity contribution is 7.89. The van der Waals surface area contributed by atoms with E-state index in [2.05, 4.69) is 32.1 Å². The Bertz CT molecular complexity index is 1050. The second-order valence-electron chi connectivity index (χ2n) is 7.20. The van der Waals surface area contributed by atoms with Gasteiger partial charge in [0.25, 0.3) is 0 Å². The van der Waals surface area contributed by atoms with Gasteiger partial charge < -0.3 is 10.2 Å². The number of piperazine rings is 1. The maximum atomic E-state index is 13.6. The fraction of sp³-hybridized carbons (Fsp3) is 0.333. The van der Waals surface area contributed by atoms with Gasteiger partial charge in [-0.15, -0.1) is 0 Å². The SMILES string of the molecule is NS(=O)(=O)c1c(C(F)(F)F)ccc(-c2ccc(N3CCNCC3)cc2)c1C1NNNN1. The molecule has 31 heavy (non-hydrogen) atoms. The molecule has 2 aromatic rings. The van der Waals surface area contributed by atoms with E-state index in [-0.39, 0.29) is 5.56 Å². The number of nitrogens with zero attached hydrogens (tertiary/aromatic N) is 1. The van der Waals surface area contributed by atoms with Crippen molar-refractivity contribution in [2.24, 2.45) is 5.14 Å². The maximum absolute atomic E-state index is 13.6. The molecule has 0 atom stereocenters. The van der Waals surface area contributed by atoms with Crippen molar-refractivity contribution in [3.63, 3.8) is 0 Å². The minimum atomic E-state index is -4.90. The van der Waals surface area contributed by atoms with Crippen molar-refractivity contribution < 1.29 is 21.6 Å². The minimum Gasteiger partial charge on any atom is -0.369 e. The van der Waals surface area contributed by atoms with E-state index >= 15 is 0 Å². The first kappa shape index (κ1) is 22.0. The van der Waals surface area contributed by atoms with Crippen LogP contribution in [-0.4, -0.2) is 34.6 Å². The average Bonchev–Trinajstić information content (AvgIpc) is 3.27. The van der Waals surface area contributed by atoms with Gasteiger partial charge in [-0.3, -0.25) is 0 Å². The van der Waals surface area contributed by atoms with Gasteiger partial charge in [0.15, 0.2) is 0 Å². The topological polar surface area (TPSA) is 124 Å². The fourth-order valence-corrected chi connectivity index (χ4v) is 4.86. The standard InChI is InChI=1S/C18H22F3N7O2S/c19-18(20,21)14-6-5-13(15(16(14)31(22,29)30)17-24-26-27-25-17)11-1-3-12(4-2-11)28-9-7-23-8-10-28/h1-6,17,23-27H,7-10H2,(H2,22,29,30). The molecule has 2 fully saturated rings. The van der Waals surface area contributed by atoms with Gasteiger partial charge in [0.1, 0.15) is 11.1 Å². The number of hydrazine groups is 3. The molecule has 2 aliphatic rings. The normalized spacial score (nSPS) is 18.5. The summed E-state index contributed by atoms with van der Waals surface area (Å²) in [6.45, 7) is 3.41. The predicted octanol–water partition coefficient (Wildman–Crippen LogP) is 0.545. The molecule has 4 rings (SSSR count). The van der Waals surface area contributed by atoms with Gasteiger partial charge in [-0.05, 0) is 29.3 Å². The number of nitrogens with two attached hydrogens (primary N) is 1. The number of alkyl halides is 3. The summed E-state index contributed by atoms with van der Waals surface area (Å²) in [4.78, 5) is 1.22. The molecule has 0 spiro atoms. The van der Waals surface area contributed by atoms with Crippen LogP contribution >= 0.6 is 0 Å². The molecule has 168 valence electrons. The van der Waals surface area contributed by atoms with Crippen molar-refractivity contribution in [2.75, 3.05) is 31.1 Å². The van der Waals surface area contributed by atoms with Gasteiger partial charge in [0.05, 0.1) is 5.56 Å². The molecule has 0 radical (unpaired) electrons. The van der Waals surface area contributed by atoms with Crippen molar-refractivity contribution in [1.29, 1.82) is 0 Å². The van der Waals surface area contributed by atoms with Gasteiger partial charge in [-0.2, -0.15) is 24.2 Å². The lowest BCUT2D eigenvalue weighted by molar-refractivity contribution is -0.140. The molecular weight excluding hydrogens is 435 g/mol. The minimum absolute atomic E-state index is 0.134. The van der Waals surface area contributed by atoms with E-state index in [0.29, 0.717) is 11.1 Å². The fourth-order valence-electron chi connectivity index (χ4n) is 3.84. The Morgan fingerprint density at radius 1 is 0.968 bits per heavy atom. The molecule has 0 bridgehead atoms.